The van der Waals surface area contributed by atoms with Crippen molar-refractivity contribution in [2.75, 3.05) is 7.11 Å². The predicted octanol–water partition coefficient (Wildman–Crippen LogP) is 1.86. The number of nitrogens with one attached hydrogen (secondary N) is 1. The summed E-state index contributed by atoms with van der Waals surface area (Å²) >= 11 is 2.75. The quantitative estimate of drug-likeness (QED) is 0.665. The van der Waals surface area contributed by atoms with E-state index in [0.717, 1.165) is 13.2 Å². The lowest BCUT2D eigenvalue weighted by atomic mass is 10.1. The standard InChI is InChI=1S/C8H6BrF2NO3/c1-15-8(14)3-2-4(13)12-6(9)5(3)7(10)11/h2,7H,1H3,(H,12,13). The van der Waals surface area contributed by atoms with E-state index in [1.54, 1.807) is 0 Å². The maximum absolute atomic E-state index is 12.6. The lowest BCUT2D eigenvalue weighted by molar-refractivity contribution is 0.0588. The van der Waals surface area contributed by atoms with E-state index >= 15 is 0 Å². The van der Waals surface area contributed by atoms with Gasteiger partial charge in [0.25, 0.3) is 6.43 Å². The fourth-order valence-corrected chi connectivity index (χ4v) is 1.61. The van der Waals surface area contributed by atoms with Crippen LogP contribution in [0.25, 0.3) is 0 Å². The van der Waals surface area contributed by atoms with Gasteiger partial charge in [-0.05, 0) is 15.9 Å². The van der Waals surface area contributed by atoms with Gasteiger partial charge < -0.3 is 9.72 Å². The molecule has 0 aliphatic heterocycles. The van der Waals surface area contributed by atoms with Gasteiger partial charge in [-0.15, -0.1) is 0 Å². The van der Waals surface area contributed by atoms with Crippen molar-refractivity contribution in [2.24, 2.45) is 0 Å². The number of H-pyrrole nitrogens is 1. The maximum atomic E-state index is 12.6. The van der Waals surface area contributed by atoms with Crippen LogP contribution in [0.15, 0.2) is 15.5 Å². The Morgan fingerprint density at radius 3 is 2.67 bits per heavy atom. The van der Waals surface area contributed by atoms with Crippen molar-refractivity contribution in [1.82, 2.24) is 4.98 Å². The van der Waals surface area contributed by atoms with Crippen molar-refractivity contribution in [3.63, 3.8) is 0 Å². The largest absolute Gasteiger partial charge is 0.465 e. The number of rotatable bonds is 2. The van der Waals surface area contributed by atoms with E-state index in [9.17, 15) is 18.4 Å². The summed E-state index contributed by atoms with van der Waals surface area (Å²) in [5.74, 6) is -0.975. The van der Waals surface area contributed by atoms with Gasteiger partial charge in [0.05, 0.1) is 22.8 Å². The minimum atomic E-state index is -2.88. The minimum absolute atomic E-state index is 0.217. The van der Waals surface area contributed by atoms with Crippen LogP contribution in [0.1, 0.15) is 22.3 Å². The van der Waals surface area contributed by atoms with Crippen LogP contribution in [0.4, 0.5) is 8.78 Å². The minimum Gasteiger partial charge on any atom is -0.465 e. The summed E-state index contributed by atoms with van der Waals surface area (Å²) in [6.45, 7) is 0. The summed E-state index contributed by atoms with van der Waals surface area (Å²) in [4.78, 5) is 24.2. The first-order chi connectivity index (χ1) is 6.97. The number of hydrogen-bond donors (Lipinski definition) is 1. The Morgan fingerprint density at radius 2 is 2.20 bits per heavy atom. The van der Waals surface area contributed by atoms with Crippen molar-refractivity contribution >= 4 is 21.9 Å². The Bertz CT molecular complexity index is 444. The Balaban J connectivity index is 3.46. The molecule has 1 rings (SSSR count). The number of carbonyl (C=O) groups excluding carboxylic acids is 1. The molecule has 0 aromatic carbocycles. The molecule has 0 spiro atoms. The Kier molecular flexibility index (Phi) is 3.57. The lowest BCUT2D eigenvalue weighted by Crippen LogP contribution is -2.15. The number of aromatic amines is 1. The predicted molar refractivity (Wildman–Crippen MR) is 51.1 cm³/mol. The normalized spacial score (nSPS) is 10.5. The van der Waals surface area contributed by atoms with Crippen LogP contribution in [0.5, 0.6) is 0 Å². The molecule has 0 saturated heterocycles. The van der Waals surface area contributed by atoms with Crippen LogP contribution in [-0.4, -0.2) is 18.1 Å². The van der Waals surface area contributed by atoms with E-state index in [1.165, 1.54) is 0 Å². The maximum Gasteiger partial charge on any atom is 0.338 e. The van der Waals surface area contributed by atoms with Gasteiger partial charge in [-0.25, -0.2) is 13.6 Å². The molecular weight excluding hydrogens is 276 g/mol. The molecule has 0 saturated carbocycles. The zero-order valence-corrected chi connectivity index (χ0v) is 9.10. The number of pyridine rings is 1. The van der Waals surface area contributed by atoms with Crippen molar-refractivity contribution in [2.45, 2.75) is 6.43 Å². The number of aromatic nitrogens is 1. The number of methoxy groups -OCH3 is 1. The first kappa shape index (κ1) is 11.8. The second-order valence-corrected chi connectivity index (χ2v) is 3.36. The third-order valence-electron chi connectivity index (χ3n) is 1.66. The van der Waals surface area contributed by atoms with Crippen LogP contribution in [-0.2, 0) is 4.74 Å². The van der Waals surface area contributed by atoms with Gasteiger partial charge in [0.15, 0.2) is 0 Å². The monoisotopic (exact) mass is 281 g/mol. The highest BCUT2D eigenvalue weighted by atomic mass is 79.9. The molecule has 0 amide bonds. The molecule has 7 heteroatoms. The van der Waals surface area contributed by atoms with Crippen molar-refractivity contribution in [3.8, 4) is 0 Å². The first-order valence-corrected chi connectivity index (χ1v) is 4.56. The zero-order valence-electron chi connectivity index (χ0n) is 7.51. The van der Waals surface area contributed by atoms with Crippen LogP contribution in [0, 0.1) is 0 Å². The highest BCUT2D eigenvalue weighted by Gasteiger charge is 2.23. The van der Waals surface area contributed by atoms with E-state index in [0.29, 0.717) is 0 Å². The SMILES string of the molecule is COC(=O)c1cc(=O)[nH]c(Br)c1C(F)F. The zero-order chi connectivity index (χ0) is 11.6. The Labute approximate surface area is 91.4 Å². The molecule has 1 heterocycles. The lowest BCUT2D eigenvalue weighted by Gasteiger charge is -2.07. The number of carbonyl (C=O) groups is 1. The molecule has 0 aliphatic carbocycles. The average Bonchev–Trinajstić information content (AvgIpc) is 2.14. The number of alkyl halides is 2. The van der Waals surface area contributed by atoms with Gasteiger partial charge in [-0.2, -0.15) is 0 Å². The first-order valence-electron chi connectivity index (χ1n) is 3.76. The van der Waals surface area contributed by atoms with Crippen LogP contribution in [0.3, 0.4) is 0 Å². The average molecular weight is 282 g/mol. The molecule has 0 aliphatic rings. The molecule has 1 aromatic rings. The topological polar surface area (TPSA) is 59.2 Å². The number of hydrogen-bond acceptors (Lipinski definition) is 3. The molecule has 1 aromatic heterocycles. The van der Waals surface area contributed by atoms with E-state index < -0.39 is 29.1 Å². The molecule has 0 radical (unpaired) electrons. The molecule has 4 nitrogen and oxygen atoms in total. The van der Waals surface area contributed by atoms with Crippen molar-refractivity contribution < 1.29 is 18.3 Å². The van der Waals surface area contributed by atoms with E-state index in [4.69, 9.17) is 0 Å². The molecule has 0 fully saturated rings. The highest BCUT2D eigenvalue weighted by molar-refractivity contribution is 9.10. The molecule has 82 valence electrons. The third kappa shape index (κ3) is 2.41. The molecule has 0 bridgehead atoms. The summed E-state index contributed by atoms with van der Waals surface area (Å²) in [5, 5.41) is 0. The summed E-state index contributed by atoms with van der Waals surface area (Å²) in [6, 6.07) is 0.776. The molecule has 15 heavy (non-hydrogen) atoms. The van der Waals surface area contributed by atoms with Crippen LogP contribution in [0.2, 0.25) is 0 Å². The number of halogens is 3. The van der Waals surface area contributed by atoms with Crippen molar-refractivity contribution in [1.29, 1.82) is 0 Å². The second-order valence-electron chi connectivity index (χ2n) is 2.57. The summed E-state index contributed by atoms with van der Waals surface area (Å²) < 4.78 is 29.2. The fraction of sp³-hybridized carbons (Fsp3) is 0.250. The summed E-state index contributed by atoms with van der Waals surface area (Å²) in [5.41, 5.74) is -1.68. The molecule has 0 unspecified atom stereocenters. The van der Waals surface area contributed by atoms with Gasteiger partial charge in [-0.3, -0.25) is 4.79 Å². The molecular formula is C8H6BrF2NO3. The second kappa shape index (κ2) is 4.52. The smallest absolute Gasteiger partial charge is 0.338 e. The van der Waals surface area contributed by atoms with Crippen LogP contribution < -0.4 is 5.56 Å². The fourth-order valence-electron chi connectivity index (χ4n) is 1.03. The van der Waals surface area contributed by atoms with Crippen molar-refractivity contribution in [3.05, 3.63) is 32.2 Å². The van der Waals surface area contributed by atoms with Gasteiger partial charge in [0.2, 0.25) is 5.56 Å². The van der Waals surface area contributed by atoms with Gasteiger partial charge in [0.1, 0.15) is 0 Å². The summed E-state index contributed by atoms with van der Waals surface area (Å²) in [6.07, 6.45) is -2.88. The summed E-state index contributed by atoms with van der Waals surface area (Å²) in [7, 11) is 1.05. The van der Waals surface area contributed by atoms with Crippen LogP contribution >= 0.6 is 15.9 Å². The number of esters is 1. The molecule has 0 atom stereocenters. The van der Waals surface area contributed by atoms with Gasteiger partial charge >= 0.3 is 5.97 Å². The van der Waals surface area contributed by atoms with Gasteiger partial charge in [0, 0.05) is 6.07 Å². The highest BCUT2D eigenvalue weighted by Crippen LogP contribution is 2.28. The molecule has 1 N–H and O–H groups in total. The van der Waals surface area contributed by atoms with E-state index in [1.807, 2.05) is 0 Å². The Hall–Kier alpha value is -1.24. The third-order valence-corrected chi connectivity index (χ3v) is 2.28. The Morgan fingerprint density at radius 1 is 1.60 bits per heavy atom. The number of ether oxygens (including phenoxy) is 1. The van der Waals surface area contributed by atoms with E-state index in [2.05, 4.69) is 25.7 Å². The van der Waals surface area contributed by atoms with Gasteiger partial charge in [-0.1, -0.05) is 0 Å². The van der Waals surface area contributed by atoms with E-state index in [-0.39, 0.29) is 4.60 Å².